The molecule has 0 aliphatic carbocycles. The van der Waals surface area contributed by atoms with E-state index in [9.17, 15) is 4.79 Å². The summed E-state index contributed by atoms with van der Waals surface area (Å²) < 4.78 is 6.18. The Morgan fingerprint density at radius 1 is 1.41 bits per heavy atom. The van der Waals surface area contributed by atoms with Crippen LogP contribution in [0.2, 0.25) is 0 Å². The number of rotatable bonds is 4. The molecule has 0 spiro atoms. The first-order valence-electron chi connectivity index (χ1n) is 4.82. The molecule has 0 radical (unpaired) electrons. The minimum absolute atomic E-state index is 0.198. The molecule has 0 aromatic carbocycles. The lowest BCUT2D eigenvalue weighted by molar-refractivity contribution is -0.137. The van der Waals surface area contributed by atoms with Crippen LogP contribution in [0.15, 0.2) is 35.9 Å². The van der Waals surface area contributed by atoms with Crippen LogP contribution < -0.4 is 0 Å². The van der Waals surface area contributed by atoms with E-state index < -0.39 is 0 Å². The molecule has 7 heteroatoms. The summed E-state index contributed by atoms with van der Waals surface area (Å²) in [6.45, 7) is 0. The Bertz CT molecular complexity index is 501. The van der Waals surface area contributed by atoms with Crippen LogP contribution in [0.4, 0.5) is 0 Å². The standard InChI is InChI=1S/C10H10N4O2S/c1-16-8(15)7-17-10-9(11-4-5-12-10)14-6-2-3-13-14/h2-6H,7H2,1H3. The number of methoxy groups -OCH3 is 1. The van der Waals surface area contributed by atoms with Gasteiger partial charge in [-0.1, -0.05) is 11.8 Å². The van der Waals surface area contributed by atoms with Crippen molar-refractivity contribution in [2.45, 2.75) is 5.03 Å². The number of hydrogen-bond donors (Lipinski definition) is 0. The van der Waals surface area contributed by atoms with Crippen LogP contribution in [0.3, 0.4) is 0 Å². The normalized spacial score (nSPS) is 10.2. The summed E-state index contributed by atoms with van der Waals surface area (Å²) in [6, 6.07) is 1.80. The Kier molecular flexibility index (Phi) is 3.71. The van der Waals surface area contributed by atoms with E-state index >= 15 is 0 Å². The van der Waals surface area contributed by atoms with Crippen molar-refractivity contribution in [2.24, 2.45) is 0 Å². The van der Waals surface area contributed by atoms with Crippen LogP contribution in [-0.2, 0) is 9.53 Å². The Balaban J connectivity index is 2.20. The van der Waals surface area contributed by atoms with E-state index in [2.05, 4.69) is 19.8 Å². The van der Waals surface area contributed by atoms with Gasteiger partial charge in [0.25, 0.3) is 0 Å². The number of esters is 1. The number of carbonyl (C=O) groups is 1. The zero-order chi connectivity index (χ0) is 12.1. The fourth-order valence-electron chi connectivity index (χ4n) is 1.16. The van der Waals surface area contributed by atoms with E-state index in [0.717, 1.165) is 0 Å². The van der Waals surface area contributed by atoms with Crippen LogP contribution in [0.5, 0.6) is 0 Å². The molecule has 0 unspecified atom stereocenters. The molecule has 0 bridgehead atoms. The van der Waals surface area contributed by atoms with E-state index in [1.54, 1.807) is 35.5 Å². The predicted octanol–water partition coefficient (Wildman–Crippen LogP) is 0.927. The Morgan fingerprint density at radius 3 is 2.94 bits per heavy atom. The molecule has 2 heterocycles. The van der Waals surface area contributed by atoms with E-state index in [0.29, 0.717) is 10.8 Å². The van der Waals surface area contributed by atoms with Gasteiger partial charge in [0.05, 0.1) is 12.9 Å². The molecule has 88 valence electrons. The highest BCUT2D eigenvalue weighted by atomic mass is 32.2. The fourth-order valence-corrected chi connectivity index (χ4v) is 1.94. The summed E-state index contributed by atoms with van der Waals surface area (Å²) in [5.41, 5.74) is 0. The zero-order valence-electron chi connectivity index (χ0n) is 9.11. The molecule has 0 saturated carbocycles. The third-order valence-corrected chi connectivity index (χ3v) is 2.86. The number of aromatic nitrogens is 4. The maximum atomic E-state index is 11.1. The number of nitrogens with zero attached hydrogens (tertiary/aromatic N) is 4. The highest BCUT2D eigenvalue weighted by molar-refractivity contribution is 8.00. The first-order chi connectivity index (χ1) is 8.31. The summed E-state index contributed by atoms with van der Waals surface area (Å²) in [5, 5.41) is 4.72. The third-order valence-electron chi connectivity index (χ3n) is 1.92. The second kappa shape index (κ2) is 5.44. The summed E-state index contributed by atoms with van der Waals surface area (Å²) in [5.74, 6) is 0.502. The molecule has 0 saturated heterocycles. The average Bonchev–Trinajstić information content (AvgIpc) is 2.90. The van der Waals surface area contributed by atoms with Crippen LogP contribution in [0.1, 0.15) is 0 Å². The molecular formula is C10H10N4O2S. The van der Waals surface area contributed by atoms with Crippen LogP contribution in [0, 0.1) is 0 Å². The summed E-state index contributed by atoms with van der Waals surface area (Å²) in [4.78, 5) is 19.4. The lowest BCUT2D eigenvalue weighted by atomic mass is 10.6. The molecule has 17 heavy (non-hydrogen) atoms. The van der Waals surface area contributed by atoms with E-state index in [-0.39, 0.29) is 11.7 Å². The van der Waals surface area contributed by atoms with Crippen molar-refractivity contribution in [3.8, 4) is 5.82 Å². The molecule has 2 aromatic heterocycles. The molecule has 0 fully saturated rings. The number of ether oxygens (including phenoxy) is 1. The van der Waals surface area contributed by atoms with Gasteiger partial charge in [-0.05, 0) is 6.07 Å². The van der Waals surface area contributed by atoms with Gasteiger partial charge >= 0.3 is 5.97 Å². The second-order valence-electron chi connectivity index (χ2n) is 3.00. The van der Waals surface area contributed by atoms with Crippen molar-refractivity contribution in [3.05, 3.63) is 30.9 Å². The Labute approximate surface area is 102 Å². The summed E-state index contributed by atoms with van der Waals surface area (Å²) in [6.07, 6.45) is 6.58. The molecule has 6 nitrogen and oxygen atoms in total. The minimum atomic E-state index is -0.299. The number of thioether (sulfide) groups is 1. The largest absolute Gasteiger partial charge is 0.468 e. The van der Waals surface area contributed by atoms with Gasteiger partial charge in [0.2, 0.25) is 0 Å². The number of carbonyl (C=O) groups excluding carboxylic acids is 1. The van der Waals surface area contributed by atoms with Crippen molar-refractivity contribution in [3.63, 3.8) is 0 Å². The summed E-state index contributed by atoms with van der Waals surface area (Å²) >= 11 is 1.27. The molecule has 0 aliphatic rings. The van der Waals surface area contributed by atoms with Crippen molar-refractivity contribution in [1.82, 2.24) is 19.7 Å². The van der Waals surface area contributed by atoms with Gasteiger partial charge in [-0.15, -0.1) is 0 Å². The van der Waals surface area contributed by atoms with Crippen LogP contribution >= 0.6 is 11.8 Å². The second-order valence-corrected chi connectivity index (χ2v) is 3.96. The van der Waals surface area contributed by atoms with Gasteiger partial charge < -0.3 is 4.74 Å². The highest BCUT2D eigenvalue weighted by Gasteiger charge is 2.10. The van der Waals surface area contributed by atoms with E-state index in [1.807, 2.05) is 0 Å². The van der Waals surface area contributed by atoms with Crippen LogP contribution in [0.25, 0.3) is 5.82 Å². The van der Waals surface area contributed by atoms with E-state index in [1.165, 1.54) is 18.9 Å². The summed E-state index contributed by atoms with van der Waals surface area (Å²) in [7, 11) is 1.36. The average molecular weight is 250 g/mol. The minimum Gasteiger partial charge on any atom is -0.468 e. The van der Waals surface area contributed by atoms with Crippen molar-refractivity contribution >= 4 is 17.7 Å². The topological polar surface area (TPSA) is 69.9 Å². The lowest BCUT2D eigenvalue weighted by Gasteiger charge is -2.05. The van der Waals surface area contributed by atoms with Crippen molar-refractivity contribution in [2.75, 3.05) is 12.9 Å². The fraction of sp³-hybridized carbons (Fsp3) is 0.200. The monoisotopic (exact) mass is 250 g/mol. The first-order valence-corrected chi connectivity index (χ1v) is 5.80. The molecule has 0 N–H and O–H groups in total. The van der Waals surface area contributed by atoms with Gasteiger partial charge in [-0.25, -0.2) is 14.6 Å². The predicted molar refractivity (Wildman–Crippen MR) is 61.9 cm³/mol. The maximum Gasteiger partial charge on any atom is 0.316 e. The zero-order valence-corrected chi connectivity index (χ0v) is 9.92. The van der Waals surface area contributed by atoms with Gasteiger partial charge in [0.1, 0.15) is 5.03 Å². The van der Waals surface area contributed by atoms with Gasteiger partial charge in [-0.3, -0.25) is 4.79 Å². The van der Waals surface area contributed by atoms with Crippen LogP contribution in [-0.4, -0.2) is 38.6 Å². The third kappa shape index (κ3) is 2.82. The van der Waals surface area contributed by atoms with E-state index in [4.69, 9.17) is 0 Å². The van der Waals surface area contributed by atoms with Gasteiger partial charge in [-0.2, -0.15) is 5.10 Å². The Morgan fingerprint density at radius 2 is 2.24 bits per heavy atom. The SMILES string of the molecule is COC(=O)CSc1nccnc1-n1cccn1. The van der Waals surface area contributed by atoms with Crippen molar-refractivity contribution < 1.29 is 9.53 Å². The maximum absolute atomic E-state index is 11.1. The molecule has 2 aromatic rings. The molecule has 0 atom stereocenters. The molecule has 0 amide bonds. The number of hydrogen-bond acceptors (Lipinski definition) is 6. The lowest BCUT2D eigenvalue weighted by Crippen LogP contribution is -2.06. The van der Waals surface area contributed by atoms with Crippen molar-refractivity contribution in [1.29, 1.82) is 0 Å². The molecular weight excluding hydrogens is 240 g/mol. The van der Waals surface area contributed by atoms with Gasteiger partial charge in [0, 0.05) is 24.8 Å². The highest BCUT2D eigenvalue weighted by Crippen LogP contribution is 2.20. The first kappa shape index (κ1) is 11.6. The molecule has 2 rings (SSSR count). The molecule has 0 aliphatic heterocycles. The quantitative estimate of drug-likeness (QED) is 0.594. The Hall–Kier alpha value is -1.89. The smallest absolute Gasteiger partial charge is 0.316 e. The van der Waals surface area contributed by atoms with Gasteiger partial charge in [0.15, 0.2) is 5.82 Å².